The maximum atomic E-state index is 10.6. The van der Waals surface area contributed by atoms with E-state index in [1.165, 1.54) is 13.8 Å². The van der Waals surface area contributed by atoms with Gasteiger partial charge in [-0.3, -0.25) is 9.59 Å². The molecular weight excluding hydrogens is 256 g/mol. The van der Waals surface area contributed by atoms with Crippen molar-refractivity contribution in [2.24, 2.45) is 0 Å². The van der Waals surface area contributed by atoms with E-state index in [1.807, 2.05) is 0 Å². The summed E-state index contributed by atoms with van der Waals surface area (Å²) in [5.74, 6) is -0.846. The Morgan fingerprint density at radius 2 is 1.86 bits per heavy atom. The number of ether oxygens (including phenoxy) is 3. The van der Waals surface area contributed by atoms with Crippen molar-refractivity contribution in [3.8, 4) is 0 Å². The largest absolute Gasteiger partial charge is 0.462 e. The zero-order chi connectivity index (χ0) is 11.0. The van der Waals surface area contributed by atoms with E-state index in [4.69, 9.17) is 14.2 Å². The van der Waals surface area contributed by atoms with Crippen LogP contribution in [-0.2, 0) is 23.8 Å². The molecule has 0 heterocycles. The van der Waals surface area contributed by atoms with E-state index < -0.39 is 18.0 Å². The molecule has 14 heavy (non-hydrogen) atoms. The van der Waals surface area contributed by atoms with Crippen LogP contribution in [0.5, 0.6) is 0 Å². The van der Waals surface area contributed by atoms with Crippen LogP contribution >= 0.6 is 15.9 Å². The Balaban J connectivity index is 3.83. The average Bonchev–Trinajstić information content (AvgIpc) is 2.09. The molecule has 0 N–H and O–H groups in total. The van der Waals surface area contributed by atoms with Gasteiger partial charge in [0.1, 0.15) is 12.1 Å². The molecular formula is C8H13BrO5. The second kappa shape index (κ2) is 7.75. The maximum absolute atomic E-state index is 10.6. The molecule has 0 spiro atoms. The van der Waals surface area contributed by atoms with E-state index in [0.717, 1.165) is 0 Å². The van der Waals surface area contributed by atoms with Crippen molar-refractivity contribution in [3.05, 3.63) is 0 Å². The zero-order valence-corrected chi connectivity index (χ0v) is 9.70. The minimum Gasteiger partial charge on any atom is -0.462 e. The van der Waals surface area contributed by atoms with Gasteiger partial charge in [0.05, 0.1) is 6.61 Å². The van der Waals surface area contributed by atoms with Crippen LogP contribution in [0.2, 0.25) is 0 Å². The summed E-state index contributed by atoms with van der Waals surface area (Å²) in [6.45, 7) is 2.78. The first-order chi connectivity index (χ1) is 6.56. The van der Waals surface area contributed by atoms with Crippen LogP contribution < -0.4 is 0 Å². The first-order valence-electron chi connectivity index (χ1n) is 4.00. The molecule has 0 fully saturated rings. The number of halogens is 1. The van der Waals surface area contributed by atoms with Crippen LogP contribution in [0.3, 0.4) is 0 Å². The molecule has 82 valence electrons. The quantitative estimate of drug-likeness (QED) is 0.528. The first kappa shape index (κ1) is 13.4. The lowest BCUT2D eigenvalue weighted by Gasteiger charge is -2.15. The third kappa shape index (κ3) is 8.00. The molecule has 0 amide bonds. The molecule has 0 aliphatic heterocycles. The molecule has 5 nitrogen and oxygen atoms in total. The minimum absolute atomic E-state index is 0.0158. The molecule has 0 aliphatic rings. The van der Waals surface area contributed by atoms with E-state index in [2.05, 4.69) is 15.9 Å². The number of hydrogen-bond acceptors (Lipinski definition) is 5. The van der Waals surface area contributed by atoms with Crippen molar-refractivity contribution in [2.75, 3.05) is 18.7 Å². The van der Waals surface area contributed by atoms with Gasteiger partial charge in [0.25, 0.3) is 0 Å². The summed E-state index contributed by atoms with van der Waals surface area (Å²) >= 11 is 3.05. The van der Waals surface area contributed by atoms with Crippen LogP contribution in [0.1, 0.15) is 13.8 Å². The fourth-order valence-corrected chi connectivity index (χ4v) is 0.924. The van der Waals surface area contributed by atoms with Gasteiger partial charge < -0.3 is 14.2 Å². The lowest BCUT2D eigenvalue weighted by Crippen LogP contribution is -2.28. The third-order valence-corrected chi connectivity index (χ3v) is 1.51. The zero-order valence-electron chi connectivity index (χ0n) is 8.12. The van der Waals surface area contributed by atoms with Gasteiger partial charge in [0, 0.05) is 13.8 Å². The van der Waals surface area contributed by atoms with Gasteiger partial charge in [-0.2, -0.15) is 0 Å². The third-order valence-electron chi connectivity index (χ3n) is 1.19. The van der Waals surface area contributed by atoms with Crippen molar-refractivity contribution in [2.45, 2.75) is 20.0 Å². The Bertz CT molecular complexity index is 194. The van der Waals surface area contributed by atoms with Crippen molar-refractivity contribution in [3.63, 3.8) is 0 Å². The van der Waals surface area contributed by atoms with Gasteiger partial charge >= 0.3 is 11.9 Å². The van der Waals surface area contributed by atoms with Gasteiger partial charge in [-0.25, -0.2) is 0 Å². The summed E-state index contributed by atoms with van der Waals surface area (Å²) < 4.78 is 14.5. The van der Waals surface area contributed by atoms with Crippen LogP contribution in [0.15, 0.2) is 0 Å². The Hall–Kier alpha value is -0.620. The molecule has 6 heteroatoms. The molecule has 0 saturated carbocycles. The predicted octanol–water partition coefficient (Wildman–Crippen LogP) is 0.850. The van der Waals surface area contributed by atoms with E-state index in [0.29, 0.717) is 5.52 Å². The fraction of sp³-hybridized carbons (Fsp3) is 0.750. The summed E-state index contributed by atoms with van der Waals surface area (Å²) in [7, 11) is 0. The van der Waals surface area contributed by atoms with Crippen LogP contribution in [0.25, 0.3) is 0 Å². The molecule has 0 aromatic heterocycles. The van der Waals surface area contributed by atoms with E-state index in [1.54, 1.807) is 0 Å². The molecule has 1 unspecified atom stereocenters. The predicted molar refractivity (Wildman–Crippen MR) is 51.9 cm³/mol. The Labute approximate surface area is 90.8 Å². The second-order valence-electron chi connectivity index (χ2n) is 2.51. The topological polar surface area (TPSA) is 61.8 Å². The van der Waals surface area contributed by atoms with Crippen LogP contribution in [0.4, 0.5) is 0 Å². The summed E-state index contributed by atoms with van der Waals surface area (Å²) in [5.41, 5.74) is 0.338. The highest BCUT2D eigenvalue weighted by Gasteiger charge is 2.13. The standard InChI is InChI=1S/C8H13BrO5/c1-6(10)13-4-8(3-12-5-9)14-7(2)11/h8H,3-5H2,1-2H3. The van der Waals surface area contributed by atoms with Crippen LogP contribution in [-0.4, -0.2) is 36.8 Å². The van der Waals surface area contributed by atoms with E-state index >= 15 is 0 Å². The van der Waals surface area contributed by atoms with Gasteiger partial charge in [-0.05, 0) is 0 Å². The molecule has 0 aromatic rings. The van der Waals surface area contributed by atoms with Gasteiger partial charge in [0.15, 0.2) is 6.10 Å². The van der Waals surface area contributed by atoms with Crippen molar-refractivity contribution in [1.82, 2.24) is 0 Å². The number of carbonyl (C=O) groups excluding carboxylic acids is 2. The Kier molecular flexibility index (Phi) is 7.41. The number of rotatable bonds is 6. The highest BCUT2D eigenvalue weighted by Crippen LogP contribution is 1.97. The summed E-state index contributed by atoms with van der Waals surface area (Å²) in [5, 5.41) is 0. The fourth-order valence-electron chi connectivity index (χ4n) is 0.737. The minimum atomic E-state index is -0.547. The molecule has 0 saturated heterocycles. The van der Waals surface area contributed by atoms with Gasteiger partial charge in [-0.1, -0.05) is 15.9 Å². The first-order valence-corrected chi connectivity index (χ1v) is 5.12. The van der Waals surface area contributed by atoms with Crippen molar-refractivity contribution >= 4 is 27.9 Å². The highest BCUT2D eigenvalue weighted by molar-refractivity contribution is 9.09. The summed E-state index contributed by atoms with van der Waals surface area (Å²) in [6, 6.07) is 0. The lowest BCUT2D eigenvalue weighted by atomic mass is 10.4. The molecule has 0 aliphatic carbocycles. The van der Waals surface area contributed by atoms with Crippen molar-refractivity contribution in [1.29, 1.82) is 0 Å². The molecule has 0 radical (unpaired) electrons. The summed E-state index contributed by atoms with van der Waals surface area (Å²) in [4.78, 5) is 21.1. The number of esters is 2. The van der Waals surface area contributed by atoms with Crippen LogP contribution in [0, 0.1) is 0 Å². The maximum Gasteiger partial charge on any atom is 0.303 e. The van der Waals surface area contributed by atoms with E-state index in [-0.39, 0.29) is 13.2 Å². The highest BCUT2D eigenvalue weighted by atomic mass is 79.9. The van der Waals surface area contributed by atoms with E-state index in [9.17, 15) is 9.59 Å². The lowest BCUT2D eigenvalue weighted by molar-refractivity contribution is -0.159. The van der Waals surface area contributed by atoms with Gasteiger partial charge in [-0.15, -0.1) is 0 Å². The normalized spacial score (nSPS) is 11.9. The smallest absolute Gasteiger partial charge is 0.303 e. The molecule has 0 bridgehead atoms. The Morgan fingerprint density at radius 3 is 2.29 bits per heavy atom. The van der Waals surface area contributed by atoms with Crippen molar-refractivity contribution < 1.29 is 23.8 Å². The number of carbonyl (C=O) groups is 2. The molecule has 1 atom stereocenters. The SMILES string of the molecule is CC(=O)OCC(COCBr)OC(C)=O. The number of alkyl halides is 1. The number of hydrogen-bond donors (Lipinski definition) is 0. The Morgan fingerprint density at radius 1 is 1.21 bits per heavy atom. The average molecular weight is 269 g/mol. The molecule has 0 rings (SSSR count). The monoisotopic (exact) mass is 268 g/mol. The van der Waals surface area contributed by atoms with Gasteiger partial charge in [0.2, 0.25) is 0 Å². The second-order valence-corrected chi connectivity index (χ2v) is 2.97. The molecule has 0 aromatic carbocycles. The summed E-state index contributed by atoms with van der Waals surface area (Å²) in [6.07, 6.45) is -0.547.